The lowest BCUT2D eigenvalue weighted by molar-refractivity contribution is -0.117. The van der Waals surface area contributed by atoms with Crippen LogP contribution in [0.25, 0.3) is 0 Å². The van der Waals surface area contributed by atoms with Gasteiger partial charge < -0.3 is 16.0 Å². The lowest BCUT2D eigenvalue weighted by atomic mass is 9.84. The Hall–Kier alpha value is -2.60. The minimum Gasteiger partial charge on any atom is -0.397 e. The minimum absolute atomic E-state index is 0.0316. The van der Waals surface area contributed by atoms with Crippen molar-refractivity contribution in [1.29, 1.82) is 0 Å². The van der Waals surface area contributed by atoms with Crippen molar-refractivity contribution in [2.45, 2.75) is 26.2 Å². The summed E-state index contributed by atoms with van der Waals surface area (Å²) in [5.41, 5.74) is 7.49. The molecule has 6 nitrogen and oxygen atoms in total. The van der Waals surface area contributed by atoms with Crippen molar-refractivity contribution in [1.82, 2.24) is 4.98 Å². The molecule has 1 aromatic heterocycles. The zero-order chi connectivity index (χ0) is 19.2. The Morgan fingerprint density at radius 3 is 2.81 bits per heavy atom. The summed E-state index contributed by atoms with van der Waals surface area (Å²) in [6.07, 6.45) is 4.47. The van der Waals surface area contributed by atoms with Crippen LogP contribution in [0.3, 0.4) is 0 Å². The van der Waals surface area contributed by atoms with E-state index in [1.54, 1.807) is 35.2 Å². The van der Waals surface area contributed by atoms with Crippen molar-refractivity contribution in [3.05, 3.63) is 47.2 Å². The average Bonchev–Trinajstić information content (AvgIpc) is 3.42. The third kappa shape index (κ3) is 3.37. The molecule has 27 heavy (non-hydrogen) atoms. The first-order valence-corrected chi connectivity index (χ1v) is 9.37. The molecule has 2 heterocycles. The fourth-order valence-electron chi connectivity index (χ4n) is 3.82. The number of halogens is 1. The van der Waals surface area contributed by atoms with E-state index in [1.165, 1.54) is 19.0 Å². The van der Waals surface area contributed by atoms with Crippen molar-refractivity contribution < 1.29 is 9.59 Å². The van der Waals surface area contributed by atoms with Crippen LogP contribution < -0.4 is 16.0 Å². The van der Waals surface area contributed by atoms with Gasteiger partial charge in [0.05, 0.1) is 16.4 Å². The Bertz CT molecular complexity index is 928. The summed E-state index contributed by atoms with van der Waals surface area (Å²) in [5.74, 6) is 0.326. The van der Waals surface area contributed by atoms with Gasteiger partial charge in [0, 0.05) is 24.8 Å². The third-order valence-electron chi connectivity index (χ3n) is 5.49. The highest BCUT2D eigenvalue weighted by Crippen LogP contribution is 2.52. The van der Waals surface area contributed by atoms with Crippen molar-refractivity contribution in [2.24, 2.45) is 11.3 Å². The van der Waals surface area contributed by atoms with E-state index in [9.17, 15) is 9.59 Å². The highest BCUT2D eigenvalue weighted by Gasteiger charge is 2.49. The monoisotopic (exact) mass is 384 g/mol. The molecule has 1 saturated carbocycles. The van der Waals surface area contributed by atoms with E-state index in [0.717, 1.165) is 0 Å². The molecular formula is C20H21ClN4O2. The number of nitrogen functional groups attached to an aromatic ring is 1. The molecule has 140 valence electrons. The molecule has 1 aromatic carbocycles. The van der Waals surface area contributed by atoms with Gasteiger partial charge in [0.2, 0.25) is 5.91 Å². The molecule has 1 aliphatic carbocycles. The van der Waals surface area contributed by atoms with Crippen LogP contribution in [0.5, 0.6) is 0 Å². The topological polar surface area (TPSA) is 88.3 Å². The Labute approximate surface area is 162 Å². The van der Waals surface area contributed by atoms with E-state index in [0.29, 0.717) is 41.0 Å². The molecule has 1 atom stereocenters. The molecule has 1 saturated heterocycles. The van der Waals surface area contributed by atoms with Crippen molar-refractivity contribution in [2.75, 3.05) is 22.5 Å². The summed E-state index contributed by atoms with van der Waals surface area (Å²) in [4.78, 5) is 30.7. The number of nitrogens with one attached hydrogen (secondary N) is 1. The van der Waals surface area contributed by atoms with Crippen LogP contribution in [0.4, 0.5) is 17.1 Å². The van der Waals surface area contributed by atoms with E-state index < -0.39 is 5.91 Å². The number of benzene rings is 1. The second-order valence-corrected chi connectivity index (χ2v) is 8.05. The number of nitrogens with zero attached hydrogens (tertiary/aromatic N) is 2. The first-order valence-electron chi connectivity index (χ1n) is 8.99. The number of rotatable bonds is 4. The highest BCUT2D eigenvalue weighted by molar-refractivity contribution is 6.34. The molecule has 7 heteroatoms. The lowest BCUT2D eigenvalue weighted by Gasteiger charge is -2.24. The molecule has 1 unspecified atom stereocenters. The van der Waals surface area contributed by atoms with Crippen LogP contribution in [-0.2, 0) is 4.79 Å². The van der Waals surface area contributed by atoms with E-state index in [4.69, 9.17) is 17.3 Å². The van der Waals surface area contributed by atoms with Crippen molar-refractivity contribution in [3.8, 4) is 0 Å². The first-order chi connectivity index (χ1) is 12.9. The second kappa shape index (κ2) is 6.53. The lowest BCUT2D eigenvalue weighted by Crippen LogP contribution is -2.28. The number of pyridine rings is 1. The minimum atomic E-state index is -0.407. The predicted octanol–water partition coefficient (Wildman–Crippen LogP) is 3.72. The number of carbonyl (C=O) groups is 2. The van der Waals surface area contributed by atoms with Gasteiger partial charge in [0.25, 0.3) is 5.91 Å². The molecule has 2 amide bonds. The number of nitrogens with two attached hydrogens (primary N) is 1. The Morgan fingerprint density at radius 2 is 2.15 bits per heavy atom. The summed E-state index contributed by atoms with van der Waals surface area (Å²) in [5, 5.41) is 3.17. The molecule has 2 aromatic rings. The van der Waals surface area contributed by atoms with Crippen LogP contribution in [0, 0.1) is 11.3 Å². The SMILES string of the molecule is CC1(C2CC2)CC(=O)N(c2ccc(NC(=O)c3ncccc3N)cc2Cl)C1. The van der Waals surface area contributed by atoms with Gasteiger partial charge in [0.1, 0.15) is 0 Å². The zero-order valence-electron chi connectivity index (χ0n) is 15.0. The van der Waals surface area contributed by atoms with Crippen LogP contribution in [0.2, 0.25) is 5.02 Å². The molecule has 2 aliphatic rings. The van der Waals surface area contributed by atoms with E-state index in [-0.39, 0.29) is 17.0 Å². The smallest absolute Gasteiger partial charge is 0.276 e. The Kier molecular flexibility index (Phi) is 4.30. The normalized spacial score (nSPS) is 22.1. The fraction of sp³-hybridized carbons (Fsp3) is 0.350. The number of carbonyl (C=O) groups excluding carboxylic acids is 2. The summed E-state index contributed by atoms with van der Waals surface area (Å²) in [6.45, 7) is 2.87. The number of hydrogen-bond donors (Lipinski definition) is 2. The summed E-state index contributed by atoms with van der Waals surface area (Å²) in [6, 6.07) is 8.44. The van der Waals surface area contributed by atoms with Crippen LogP contribution in [0.15, 0.2) is 36.5 Å². The molecule has 0 bridgehead atoms. The highest BCUT2D eigenvalue weighted by atomic mass is 35.5. The van der Waals surface area contributed by atoms with Crippen molar-refractivity contribution in [3.63, 3.8) is 0 Å². The van der Waals surface area contributed by atoms with Crippen LogP contribution in [0.1, 0.15) is 36.7 Å². The van der Waals surface area contributed by atoms with Crippen LogP contribution in [-0.4, -0.2) is 23.3 Å². The maximum atomic E-state index is 12.5. The summed E-state index contributed by atoms with van der Waals surface area (Å²) < 4.78 is 0. The van der Waals surface area contributed by atoms with Gasteiger partial charge in [0.15, 0.2) is 5.69 Å². The maximum absolute atomic E-state index is 12.5. The fourth-order valence-corrected chi connectivity index (χ4v) is 4.10. The molecule has 0 radical (unpaired) electrons. The molecule has 0 spiro atoms. The van der Waals surface area contributed by atoms with Gasteiger partial charge in [-0.2, -0.15) is 0 Å². The second-order valence-electron chi connectivity index (χ2n) is 7.65. The third-order valence-corrected chi connectivity index (χ3v) is 5.79. The van der Waals surface area contributed by atoms with Gasteiger partial charge >= 0.3 is 0 Å². The molecular weight excluding hydrogens is 364 g/mol. The van der Waals surface area contributed by atoms with E-state index in [2.05, 4.69) is 17.2 Å². The molecule has 1 aliphatic heterocycles. The number of hydrogen-bond acceptors (Lipinski definition) is 4. The summed E-state index contributed by atoms with van der Waals surface area (Å²) in [7, 11) is 0. The maximum Gasteiger partial charge on any atom is 0.276 e. The zero-order valence-corrected chi connectivity index (χ0v) is 15.8. The van der Waals surface area contributed by atoms with Gasteiger partial charge in [-0.3, -0.25) is 9.59 Å². The van der Waals surface area contributed by atoms with Crippen LogP contribution >= 0.6 is 11.6 Å². The number of anilines is 3. The van der Waals surface area contributed by atoms with Crippen molar-refractivity contribution >= 4 is 40.5 Å². The van der Waals surface area contributed by atoms with Gasteiger partial charge in [-0.05, 0) is 54.5 Å². The largest absolute Gasteiger partial charge is 0.397 e. The Balaban J connectivity index is 1.52. The predicted molar refractivity (Wildman–Crippen MR) is 106 cm³/mol. The first kappa shape index (κ1) is 17.8. The molecule has 3 N–H and O–H groups in total. The quantitative estimate of drug-likeness (QED) is 0.840. The van der Waals surface area contributed by atoms with E-state index in [1.807, 2.05) is 0 Å². The molecule has 2 fully saturated rings. The van der Waals surface area contributed by atoms with Gasteiger partial charge in [-0.1, -0.05) is 18.5 Å². The number of aromatic nitrogens is 1. The van der Waals surface area contributed by atoms with E-state index >= 15 is 0 Å². The Morgan fingerprint density at radius 1 is 1.37 bits per heavy atom. The standard InChI is InChI=1S/C20H21ClN4O2/c1-20(12-4-5-12)10-17(26)25(11-20)16-7-6-13(9-14(16)21)24-19(27)18-15(22)3-2-8-23-18/h2-3,6-9,12H,4-5,10-11,22H2,1H3,(H,24,27). The van der Waals surface area contributed by atoms with Gasteiger partial charge in [-0.25, -0.2) is 4.98 Å². The van der Waals surface area contributed by atoms with Gasteiger partial charge in [-0.15, -0.1) is 0 Å². The summed E-state index contributed by atoms with van der Waals surface area (Å²) >= 11 is 6.44. The molecule has 4 rings (SSSR count). The average molecular weight is 385 g/mol. The number of amides is 2.